The van der Waals surface area contributed by atoms with Crippen LogP contribution in [-0.2, 0) is 29.0 Å². The van der Waals surface area contributed by atoms with Crippen LogP contribution >= 0.6 is 0 Å². The van der Waals surface area contributed by atoms with Gasteiger partial charge in [-0.3, -0.25) is 19.3 Å². The molecule has 11 heteroatoms. The van der Waals surface area contributed by atoms with Crippen LogP contribution in [0.3, 0.4) is 0 Å². The number of benzene rings is 1. The van der Waals surface area contributed by atoms with Crippen LogP contribution in [0.1, 0.15) is 74.6 Å². The third-order valence-electron chi connectivity index (χ3n) is 7.45. The second-order valence-corrected chi connectivity index (χ2v) is 11.7. The number of hydrogen-bond donors (Lipinski definition) is 2. The van der Waals surface area contributed by atoms with E-state index >= 15 is 0 Å². The summed E-state index contributed by atoms with van der Waals surface area (Å²) in [5, 5.41) is 10.2. The molecule has 1 saturated heterocycles. The standard InChI is InChI=1S/C29H41FN6O4/c1-18(2)13-27-33-25(34-40-27)16-35-15-23(19(3)4)32-28(38)24-8-6-12-36(24)29(39)21-14-20(9-10-22(21)30)7-5-11-31-26(37)17-35/h9-10,14,18-19,23-24H,5-8,11-13,15-17H2,1-4H3,(H,31,37)(H,32,38)/t23-,24-/m0/s1. The lowest BCUT2D eigenvalue weighted by atomic mass is 10.0. The lowest BCUT2D eigenvalue weighted by molar-refractivity contribution is -0.126. The molecule has 0 aliphatic carbocycles. The number of fused-ring (bicyclic) bond motifs is 3. The van der Waals surface area contributed by atoms with Crippen molar-refractivity contribution < 1.29 is 23.3 Å². The van der Waals surface area contributed by atoms with Crippen molar-refractivity contribution in [3.05, 3.63) is 46.9 Å². The van der Waals surface area contributed by atoms with Crippen molar-refractivity contribution in [2.75, 3.05) is 26.2 Å². The Morgan fingerprint density at radius 2 is 1.95 bits per heavy atom. The van der Waals surface area contributed by atoms with Crippen LogP contribution in [0, 0.1) is 17.7 Å². The van der Waals surface area contributed by atoms with Crippen molar-refractivity contribution >= 4 is 17.7 Å². The highest BCUT2D eigenvalue weighted by molar-refractivity contribution is 5.98. The van der Waals surface area contributed by atoms with Crippen LogP contribution in [0.25, 0.3) is 0 Å². The van der Waals surface area contributed by atoms with E-state index in [4.69, 9.17) is 4.52 Å². The molecule has 0 unspecified atom stereocenters. The summed E-state index contributed by atoms with van der Waals surface area (Å²) in [7, 11) is 0. The van der Waals surface area contributed by atoms with Gasteiger partial charge in [-0.25, -0.2) is 4.39 Å². The van der Waals surface area contributed by atoms with Crippen molar-refractivity contribution in [3.8, 4) is 0 Å². The summed E-state index contributed by atoms with van der Waals surface area (Å²) in [4.78, 5) is 47.8. The predicted molar refractivity (Wildman–Crippen MR) is 147 cm³/mol. The minimum absolute atomic E-state index is 0.0194. The summed E-state index contributed by atoms with van der Waals surface area (Å²) >= 11 is 0. The third-order valence-corrected chi connectivity index (χ3v) is 7.45. The van der Waals surface area contributed by atoms with Crippen LogP contribution in [0.5, 0.6) is 0 Å². The predicted octanol–water partition coefficient (Wildman–Crippen LogP) is 2.72. The van der Waals surface area contributed by atoms with Gasteiger partial charge in [-0.05, 0) is 55.2 Å². The Morgan fingerprint density at radius 1 is 1.15 bits per heavy atom. The maximum atomic E-state index is 14.7. The molecule has 2 atom stereocenters. The first-order chi connectivity index (χ1) is 19.1. The largest absolute Gasteiger partial charge is 0.355 e. The number of aromatic nitrogens is 2. The number of carbonyl (C=O) groups is 3. The lowest BCUT2D eigenvalue weighted by Crippen LogP contribution is -2.54. The van der Waals surface area contributed by atoms with Crippen molar-refractivity contribution in [3.63, 3.8) is 0 Å². The first-order valence-corrected chi connectivity index (χ1v) is 14.3. The summed E-state index contributed by atoms with van der Waals surface area (Å²) in [6.07, 6.45) is 3.06. The molecule has 1 aromatic carbocycles. The second kappa shape index (κ2) is 13.3. The number of carbonyl (C=O) groups excluding carboxylic acids is 3. The molecule has 1 fully saturated rings. The SMILES string of the molecule is CC(C)Cc1nc(CN2CC(=O)NCCCc3ccc(F)c(c3)C(=O)N3CCC[C@H]3C(=O)N[C@H](C(C)C)C2)no1. The molecule has 2 N–H and O–H groups in total. The van der Waals surface area contributed by atoms with Gasteiger partial charge in [-0.1, -0.05) is 38.9 Å². The molecule has 0 radical (unpaired) electrons. The topological polar surface area (TPSA) is 121 Å². The average Bonchev–Trinajstić information content (AvgIpc) is 3.55. The van der Waals surface area contributed by atoms with E-state index < -0.39 is 17.8 Å². The van der Waals surface area contributed by atoms with Crippen molar-refractivity contribution in [1.29, 1.82) is 0 Å². The number of nitrogens with one attached hydrogen (secondary N) is 2. The molecular formula is C29H41FN6O4. The summed E-state index contributed by atoms with van der Waals surface area (Å²) in [6, 6.07) is 3.54. The van der Waals surface area contributed by atoms with E-state index in [9.17, 15) is 18.8 Å². The maximum absolute atomic E-state index is 14.7. The quantitative estimate of drug-likeness (QED) is 0.581. The number of nitrogens with zero attached hydrogens (tertiary/aromatic N) is 4. The van der Waals surface area contributed by atoms with Crippen LogP contribution in [0.15, 0.2) is 22.7 Å². The number of hydrogen-bond acceptors (Lipinski definition) is 7. The Labute approximate surface area is 235 Å². The Hall–Kier alpha value is -3.34. The van der Waals surface area contributed by atoms with Gasteiger partial charge in [0.25, 0.3) is 5.91 Å². The van der Waals surface area contributed by atoms with E-state index in [-0.39, 0.29) is 42.4 Å². The first kappa shape index (κ1) is 29.6. The van der Waals surface area contributed by atoms with E-state index in [0.29, 0.717) is 69.4 Å². The zero-order valence-electron chi connectivity index (χ0n) is 23.9. The van der Waals surface area contributed by atoms with Gasteiger partial charge >= 0.3 is 0 Å². The number of rotatable bonds is 5. The first-order valence-electron chi connectivity index (χ1n) is 14.3. The van der Waals surface area contributed by atoms with Gasteiger partial charge in [0.1, 0.15) is 11.9 Å². The zero-order chi connectivity index (χ0) is 28.8. The minimum atomic E-state index is -0.681. The highest BCUT2D eigenvalue weighted by atomic mass is 19.1. The molecule has 1 aromatic heterocycles. The van der Waals surface area contributed by atoms with Gasteiger partial charge in [0.2, 0.25) is 17.7 Å². The Morgan fingerprint density at radius 3 is 2.70 bits per heavy atom. The van der Waals surface area contributed by atoms with E-state index in [2.05, 4.69) is 34.6 Å². The van der Waals surface area contributed by atoms with Gasteiger partial charge < -0.3 is 20.1 Å². The van der Waals surface area contributed by atoms with E-state index in [1.165, 1.54) is 11.0 Å². The fourth-order valence-electron chi connectivity index (χ4n) is 5.26. The van der Waals surface area contributed by atoms with E-state index in [1.807, 2.05) is 18.7 Å². The molecule has 218 valence electrons. The Balaban J connectivity index is 1.59. The zero-order valence-corrected chi connectivity index (χ0v) is 23.9. The molecule has 2 aliphatic rings. The van der Waals surface area contributed by atoms with Gasteiger partial charge in [0.05, 0.1) is 18.7 Å². The maximum Gasteiger partial charge on any atom is 0.257 e. The Bertz CT molecular complexity index is 1200. The summed E-state index contributed by atoms with van der Waals surface area (Å²) in [5.74, 6) is -0.0387. The van der Waals surface area contributed by atoms with E-state index in [1.54, 1.807) is 12.1 Å². The molecular weight excluding hydrogens is 515 g/mol. The highest BCUT2D eigenvalue weighted by Crippen LogP contribution is 2.23. The lowest BCUT2D eigenvalue weighted by Gasteiger charge is -2.31. The van der Waals surface area contributed by atoms with Gasteiger partial charge in [0.15, 0.2) is 5.82 Å². The second-order valence-electron chi connectivity index (χ2n) is 11.7. The molecule has 2 bridgehead atoms. The molecule has 0 spiro atoms. The molecule has 2 aliphatic heterocycles. The smallest absolute Gasteiger partial charge is 0.257 e. The van der Waals surface area contributed by atoms with Crippen molar-refractivity contribution in [2.45, 2.75) is 78.4 Å². The summed E-state index contributed by atoms with van der Waals surface area (Å²) < 4.78 is 20.1. The van der Waals surface area contributed by atoms with Crippen LogP contribution in [0.2, 0.25) is 0 Å². The normalized spacial score (nSPS) is 21.9. The molecule has 0 saturated carbocycles. The average molecular weight is 557 g/mol. The molecule has 3 amide bonds. The van der Waals surface area contributed by atoms with Crippen LogP contribution < -0.4 is 10.6 Å². The number of halogens is 1. The molecule has 10 nitrogen and oxygen atoms in total. The molecule has 4 rings (SSSR count). The number of amides is 3. The summed E-state index contributed by atoms with van der Waals surface area (Å²) in [5.41, 5.74) is 0.786. The van der Waals surface area contributed by atoms with Crippen molar-refractivity contribution in [1.82, 2.24) is 30.6 Å². The molecule has 2 aromatic rings. The molecule has 3 heterocycles. The summed E-state index contributed by atoms with van der Waals surface area (Å²) in [6.45, 7) is 9.74. The van der Waals surface area contributed by atoms with Crippen LogP contribution in [0.4, 0.5) is 4.39 Å². The van der Waals surface area contributed by atoms with Crippen molar-refractivity contribution in [2.24, 2.45) is 11.8 Å². The fraction of sp³-hybridized carbons (Fsp3) is 0.621. The monoisotopic (exact) mass is 556 g/mol. The minimum Gasteiger partial charge on any atom is -0.355 e. The van der Waals surface area contributed by atoms with Gasteiger partial charge in [-0.2, -0.15) is 4.98 Å². The molecule has 40 heavy (non-hydrogen) atoms. The van der Waals surface area contributed by atoms with Gasteiger partial charge in [0, 0.05) is 32.1 Å². The van der Waals surface area contributed by atoms with Crippen LogP contribution in [-0.4, -0.2) is 75.9 Å². The Kier molecular flexibility index (Phi) is 9.89. The highest BCUT2D eigenvalue weighted by Gasteiger charge is 2.37. The van der Waals surface area contributed by atoms with Gasteiger partial charge in [-0.15, -0.1) is 0 Å². The van der Waals surface area contributed by atoms with E-state index in [0.717, 1.165) is 5.56 Å². The fourth-order valence-corrected chi connectivity index (χ4v) is 5.26. The third kappa shape index (κ3) is 7.65. The number of aryl methyl sites for hydroxylation is 1.